The number of quaternary nitrogens is 1. The molecule has 0 atom stereocenters. The van der Waals surface area contributed by atoms with E-state index in [0.29, 0.717) is 0 Å². The van der Waals surface area contributed by atoms with Crippen molar-refractivity contribution in [3.63, 3.8) is 0 Å². The SMILES string of the molecule is CCCCc1cc(CCC[N+](C)(C)C)[nH]c1C=c1[nH]c(=CCC(=O)O)cc1CCCC. The van der Waals surface area contributed by atoms with Gasteiger partial charge in [0.1, 0.15) is 0 Å². The third-order valence-corrected chi connectivity index (χ3v) is 5.60. The quantitative estimate of drug-likeness (QED) is 0.425. The minimum Gasteiger partial charge on any atom is -0.481 e. The van der Waals surface area contributed by atoms with Gasteiger partial charge >= 0.3 is 5.97 Å². The third kappa shape index (κ3) is 8.78. The molecule has 0 bridgehead atoms. The molecule has 2 heterocycles. The van der Waals surface area contributed by atoms with E-state index >= 15 is 0 Å². The zero-order valence-electron chi connectivity index (χ0n) is 20.2. The van der Waals surface area contributed by atoms with Crippen LogP contribution in [0.1, 0.15) is 74.9 Å². The summed E-state index contributed by atoms with van der Waals surface area (Å²) in [4.78, 5) is 18.1. The molecular weight excluding hydrogens is 386 g/mol. The monoisotopic (exact) mass is 428 g/mol. The van der Waals surface area contributed by atoms with Gasteiger partial charge in [0.2, 0.25) is 0 Å². The Hall–Kier alpha value is -2.27. The summed E-state index contributed by atoms with van der Waals surface area (Å²) in [5, 5.41) is 11.0. The molecule has 0 radical (unpaired) electrons. The van der Waals surface area contributed by atoms with Crippen molar-refractivity contribution in [2.45, 2.75) is 71.6 Å². The summed E-state index contributed by atoms with van der Waals surface area (Å²) >= 11 is 0. The Bertz CT molecular complexity index is 944. The predicted octanol–water partition coefficient (Wildman–Crippen LogP) is 3.75. The second-order valence-electron chi connectivity index (χ2n) is 9.67. The standard InChI is InChI=1S/C26H41N3O2/c1-6-8-11-20-17-22(13-10-16-29(3,4)5)27-24(20)19-25-21(12-9-7-2)18-23(28-25)14-15-26(30)31/h14,17-19,27-28H,6-13,15-16H2,1-5H3/p+1. The Morgan fingerprint density at radius 2 is 1.65 bits per heavy atom. The van der Waals surface area contributed by atoms with E-state index in [4.69, 9.17) is 5.11 Å². The number of hydrogen-bond acceptors (Lipinski definition) is 1. The molecule has 0 fully saturated rings. The molecule has 31 heavy (non-hydrogen) atoms. The zero-order chi connectivity index (χ0) is 22.9. The summed E-state index contributed by atoms with van der Waals surface area (Å²) in [6, 6.07) is 4.46. The number of aromatic amines is 2. The summed E-state index contributed by atoms with van der Waals surface area (Å²) < 4.78 is 0.987. The number of aromatic nitrogens is 2. The maximum atomic E-state index is 11.0. The number of rotatable bonds is 13. The molecule has 5 nitrogen and oxygen atoms in total. The van der Waals surface area contributed by atoms with Crippen LogP contribution in [0.25, 0.3) is 12.2 Å². The molecule has 5 heteroatoms. The lowest BCUT2D eigenvalue weighted by molar-refractivity contribution is -0.870. The minimum absolute atomic E-state index is 0.0356. The first kappa shape index (κ1) is 25.0. The predicted molar refractivity (Wildman–Crippen MR) is 130 cm³/mol. The molecule has 0 unspecified atom stereocenters. The van der Waals surface area contributed by atoms with E-state index in [-0.39, 0.29) is 6.42 Å². The average molecular weight is 429 g/mol. The van der Waals surface area contributed by atoms with Crippen molar-refractivity contribution in [3.05, 3.63) is 45.3 Å². The van der Waals surface area contributed by atoms with Gasteiger partial charge in [0, 0.05) is 28.5 Å². The molecule has 3 N–H and O–H groups in total. The summed E-state index contributed by atoms with van der Waals surface area (Å²) in [6.45, 7) is 5.59. The highest BCUT2D eigenvalue weighted by molar-refractivity contribution is 5.72. The molecule has 2 aromatic rings. The van der Waals surface area contributed by atoms with Crippen LogP contribution in [0.4, 0.5) is 0 Å². The fraction of sp³-hybridized carbons (Fsp3) is 0.577. The Labute approximate surface area is 187 Å². The smallest absolute Gasteiger partial charge is 0.307 e. The molecule has 0 spiro atoms. The van der Waals surface area contributed by atoms with Crippen LogP contribution in [0.15, 0.2) is 12.1 Å². The molecule has 0 saturated carbocycles. The number of carboxylic acid groups (broad SMARTS) is 1. The van der Waals surface area contributed by atoms with Crippen LogP contribution < -0.4 is 10.7 Å². The van der Waals surface area contributed by atoms with E-state index < -0.39 is 5.97 Å². The molecule has 0 saturated heterocycles. The Kier molecular flexibility index (Phi) is 9.63. The molecule has 172 valence electrons. The average Bonchev–Trinajstić information content (AvgIpc) is 3.25. The van der Waals surface area contributed by atoms with E-state index in [2.05, 4.69) is 63.2 Å². The lowest BCUT2D eigenvalue weighted by atomic mass is 10.1. The third-order valence-electron chi connectivity index (χ3n) is 5.60. The number of hydrogen-bond donors (Lipinski definition) is 3. The van der Waals surface area contributed by atoms with Crippen LogP contribution in [-0.2, 0) is 24.1 Å². The van der Waals surface area contributed by atoms with Gasteiger partial charge in [-0.3, -0.25) is 4.79 Å². The van der Waals surface area contributed by atoms with Gasteiger partial charge in [-0.15, -0.1) is 0 Å². The lowest BCUT2D eigenvalue weighted by Crippen LogP contribution is -2.35. The number of aryl methyl sites for hydroxylation is 3. The van der Waals surface area contributed by atoms with E-state index in [1.54, 1.807) is 6.08 Å². The number of nitrogens with zero attached hydrogens (tertiary/aromatic N) is 1. The van der Waals surface area contributed by atoms with Crippen molar-refractivity contribution in [1.29, 1.82) is 0 Å². The van der Waals surface area contributed by atoms with Gasteiger partial charge in [-0.2, -0.15) is 0 Å². The van der Waals surface area contributed by atoms with Crippen molar-refractivity contribution >= 4 is 18.1 Å². The summed E-state index contributed by atoms with van der Waals surface area (Å²) in [6.07, 6.45) is 13.0. The number of H-pyrrole nitrogens is 2. The van der Waals surface area contributed by atoms with Gasteiger partial charge < -0.3 is 19.6 Å². The topological polar surface area (TPSA) is 68.9 Å². The molecule has 0 aliphatic carbocycles. The maximum Gasteiger partial charge on any atom is 0.307 e. The van der Waals surface area contributed by atoms with Crippen LogP contribution in [0, 0.1) is 0 Å². The van der Waals surface area contributed by atoms with Crippen molar-refractivity contribution in [1.82, 2.24) is 9.97 Å². The van der Waals surface area contributed by atoms with Crippen LogP contribution in [-0.4, -0.2) is 53.2 Å². The second kappa shape index (κ2) is 11.9. The maximum absolute atomic E-state index is 11.0. The van der Waals surface area contributed by atoms with Crippen molar-refractivity contribution in [2.24, 2.45) is 0 Å². The number of unbranched alkanes of at least 4 members (excludes halogenated alkanes) is 2. The fourth-order valence-corrected chi connectivity index (χ4v) is 3.85. The molecule has 2 aromatic heterocycles. The van der Waals surface area contributed by atoms with E-state index in [1.807, 2.05) is 0 Å². The summed E-state index contributed by atoms with van der Waals surface area (Å²) in [5.74, 6) is -0.806. The van der Waals surface area contributed by atoms with Crippen LogP contribution >= 0.6 is 0 Å². The Balaban J connectivity index is 2.37. The number of carboxylic acids is 1. The molecule has 0 aromatic carbocycles. The summed E-state index contributed by atoms with van der Waals surface area (Å²) in [7, 11) is 6.72. The Morgan fingerprint density at radius 3 is 2.26 bits per heavy atom. The van der Waals surface area contributed by atoms with Crippen LogP contribution in [0.2, 0.25) is 0 Å². The Morgan fingerprint density at radius 1 is 0.968 bits per heavy atom. The molecule has 0 aliphatic heterocycles. The summed E-state index contributed by atoms with van der Waals surface area (Å²) in [5.41, 5.74) is 5.15. The normalized spacial score (nSPS) is 13.3. The second-order valence-corrected chi connectivity index (χ2v) is 9.67. The van der Waals surface area contributed by atoms with Gasteiger partial charge in [0.05, 0.1) is 34.1 Å². The fourth-order valence-electron chi connectivity index (χ4n) is 3.85. The van der Waals surface area contributed by atoms with E-state index in [1.165, 1.54) is 35.4 Å². The largest absolute Gasteiger partial charge is 0.481 e. The van der Waals surface area contributed by atoms with Gasteiger partial charge in [-0.25, -0.2) is 0 Å². The van der Waals surface area contributed by atoms with Gasteiger partial charge in [0.25, 0.3) is 0 Å². The first-order valence-corrected chi connectivity index (χ1v) is 11.8. The number of aliphatic carboxylic acids is 1. The first-order chi connectivity index (χ1) is 14.7. The highest BCUT2D eigenvalue weighted by atomic mass is 16.4. The molecule has 0 amide bonds. The minimum atomic E-state index is -0.806. The lowest BCUT2D eigenvalue weighted by Gasteiger charge is -2.23. The van der Waals surface area contributed by atoms with Gasteiger partial charge in [-0.1, -0.05) is 26.7 Å². The molecular formula is C26H42N3O2+. The zero-order valence-corrected chi connectivity index (χ0v) is 20.2. The molecule has 2 rings (SSSR count). The number of carbonyl (C=O) groups is 1. The van der Waals surface area contributed by atoms with Gasteiger partial charge in [-0.05, 0) is 67.5 Å². The van der Waals surface area contributed by atoms with Crippen molar-refractivity contribution < 1.29 is 14.4 Å². The van der Waals surface area contributed by atoms with Crippen molar-refractivity contribution in [2.75, 3.05) is 27.7 Å². The van der Waals surface area contributed by atoms with Gasteiger partial charge in [0.15, 0.2) is 0 Å². The highest BCUT2D eigenvalue weighted by Crippen LogP contribution is 2.17. The van der Waals surface area contributed by atoms with E-state index in [9.17, 15) is 4.79 Å². The number of nitrogens with one attached hydrogen (secondary N) is 2. The molecule has 0 aliphatic rings. The van der Waals surface area contributed by atoms with Crippen LogP contribution in [0.3, 0.4) is 0 Å². The van der Waals surface area contributed by atoms with Crippen LogP contribution in [0.5, 0.6) is 0 Å². The van der Waals surface area contributed by atoms with E-state index in [0.717, 1.165) is 60.3 Å². The first-order valence-electron chi connectivity index (χ1n) is 11.8. The van der Waals surface area contributed by atoms with Crippen molar-refractivity contribution in [3.8, 4) is 0 Å². The highest BCUT2D eigenvalue weighted by Gasteiger charge is 2.10.